The molecule has 0 bridgehead atoms. The number of benzene rings is 2. The highest BCUT2D eigenvalue weighted by molar-refractivity contribution is 5.96. The van der Waals surface area contributed by atoms with Crippen LogP contribution in [0.1, 0.15) is 28.7 Å². The number of Topliss-reactive ketones (excluding diaryl/α,β-unsaturated/α-hetero) is 1. The maximum Gasteiger partial charge on any atom is 0.165 e. The summed E-state index contributed by atoms with van der Waals surface area (Å²) in [6, 6.07) is 16.7. The van der Waals surface area contributed by atoms with Crippen molar-refractivity contribution in [3.05, 3.63) is 66.0 Å². The molecule has 0 aliphatic heterocycles. The van der Waals surface area contributed by atoms with Crippen LogP contribution >= 0.6 is 0 Å². The Bertz CT molecular complexity index is 778. The number of aliphatic hydroxyl groups excluding tert-OH is 1. The number of carbonyl (C=O) groups is 1. The van der Waals surface area contributed by atoms with Crippen molar-refractivity contribution in [1.29, 1.82) is 0 Å². The summed E-state index contributed by atoms with van der Waals surface area (Å²) < 4.78 is 1.83. The summed E-state index contributed by atoms with van der Waals surface area (Å²) >= 11 is 0. The molecule has 0 saturated carbocycles. The van der Waals surface area contributed by atoms with Gasteiger partial charge >= 0.3 is 0 Å². The highest BCUT2D eigenvalue weighted by Crippen LogP contribution is 2.22. The summed E-state index contributed by atoms with van der Waals surface area (Å²) in [5.41, 5.74) is 2.37. The van der Waals surface area contributed by atoms with Crippen LogP contribution in [0.3, 0.4) is 0 Å². The van der Waals surface area contributed by atoms with Crippen molar-refractivity contribution in [2.75, 3.05) is 0 Å². The second-order valence-electron chi connectivity index (χ2n) is 5.03. The van der Waals surface area contributed by atoms with Gasteiger partial charge in [-0.1, -0.05) is 42.5 Å². The van der Waals surface area contributed by atoms with E-state index in [9.17, 15) is 9.90 Å². The van der Waals surface area contributed by atoms with Gasteiger partial charge in [0.05, 0.1) is 11.0 Å². The molecule has 1 heterocycles. The number of aryl methyl sites for hydroxylation is 1. The third-order valence-corrected chi connectivity index (χ3v) is 3.59. The number of rotatable bonds is 4. The molecule has 21 heavy (non-hydrogen) atoms. The Morgan fingerprint density at radius 3 is 2.52 bits per heavy atom. The SMILES string of the molecule is Cn1c(C(O)CC(=O)c2ccccc2)nc2ccccc21. The molecule has 0 fully saturated rings. The number of aromatic nitrogens is 2. The molecule has 0 aliphatic carbocycles. The molecule has 106 valence electrons. The number of ketones is 1. The highest BCUT2D eigenvalue weighted by Gasteiger charge is 2.19. The Kier molecular flexibility index (Phi) is 3.54. The van der Waals surface area contributed by atoms with Gasteiger partial charge in [0, 0.05) is 19.0 Å². The summed E-state index contributed by atoms with van der Waals surface area (Å²) in [6.45, 7) is 0. The van der Waals surface area contributed by atoms with Crippen LogP contribution < -0.4 is 0 Å². The minimum Gasteiger partial charge on any atom is -0.385 e. The molecule has 1 aromatic heterocycles. The van der Waals surface area contributed by atoms with E-state index in [4.69, 9.17) is 0 Å². The van der Waals surface area contributed by atoms with E-state index in [0.717, 1.165) is 11.0 Å². The number of fused-ring (bicyclic) bond motifs is 1. The van der Waals surface area contributed by atoms with Gasteiger partial charge in [0.15, 0.2) is 5.78 Å². The van der Waals surface area contributed by atoms with Gasteiger partial charge in [-0.05, 0) is 12.1 Å². The maximum absolute atomic E-state index is 12.2. The molecule has 4 nitrogen and oxygen atoms in total. The Hall–Kier alpha value is -2.46. The number of nitrogens with zero attached hydrogens (tertiary/aromatic N) is 2. The van der Waals surface area contributed by atoms with Crippen LogP contribution in [-0.2, 0) is 7.05 Å². The van der Waals surface area contributed by atoms with Gasteiger partial charge in [-0.2, -0.15) is 0 Å². The van der Waals surface area contributed by atoms with Crippen LogP contribution in [0.25, 0.3) is 11.0 Å². The van der Waals surface area contributed by atoms with E-state index in [1.807, 2.05) is 54.1 Å². The second kappa shape index (κ2) is 5.50. The normalized spacial score (nSPS) is 12.5. The Labute approximate surface area is 122 Å². The minimum absolute atomic E-state index is 0.0289. The molecule has 2 aromatic carbocycles. The third kappa shape index (κ3) is 2.58. The van der Waals surface area contributed by atoms with E-state index in [1.165, 1.54) is 0 Å². The summed E-state index contributed by atoms with van der Waals surface area (Å²) in [5, 5.41) is 10.3. The number of hydrogen-bond donors (Lipinski definition) is 1. The van der Waals surface area contributed by atoms with Crippen molar-refractivity contribution < 1.29 is 9.90 Å². The van der Waals surface area contributed by atoms with Crippen molar-refractivity contribution in [3.8, 4) is 0 Å². The lowest BCUT2D eigenvalue weighted by Gasteiger charge is -2.10. The molecule has 3 rings (SSSR count). The molecule has 0 radical (unpaired) electrons. The van der Waals surface area contributed by atoms with Crippen molar-refractivity contribution >= 4 is 16.8 Å². The zero-order chi connectivity index (χ0) is 14.8. The van der Waals surface area contributed by atoms with Crippen LogP contribution in [0, 0.1) is 0 Å². The standard InChI is InChI=1S/C17H16N2O2/c1-19-14-10-6-5-9-13(14)18-17(19)16(21)11-15(20)12-7-3-2-4-8-12/h2-10,16,21H,11H2,1H3. The van der Waals surface area contributed by atoms with Crippen molar-refractivity contribution in [2.24, 2.45) is 7.05 Å². The molecule has 3 aromatic rings. The van der Waals surface area contributed by atoms with E-state index in [0.29, 0.717) is 11.4 Å². The van der Waals surface area contributed by atoms with E-state index in [1.54, 1.807) is 12.1 Å². The first kappa shape index (κ1) is 13.5. The zero-order valence-corrected chi connectivity index (χ0v) is 11.7. The van der Waals surface area contributed by atoms with Gasteiger partial charge in [-0.3, -0.25) is 4.79 Å². The van der Waals surface area contributed by atoms with Crippen LogP contribution in [0.15, 0.2) is 54.6 Å². The van der Waals surface area contributed by atoms with Crippen molar-refractivity contribution in [1.82, 2.24) is 9.55 Å². The highest BCUT2D eigenvalue weighted by atomic mass is 16.3. The van der Waals surface area contributed by atoms with E-state index < -0.39 is 6.10 Å². The van der Waals surface area contributed by atoms with Gasteiger partial charge in [-0.25, -0.2) is 4.98 Å². The minimum atomic E-state index is -0.907. The molecule has 4 heteroatoms. The van der Waals surface area contributed by atoms with Gasteiger partial charge in [0.2, 0.25) is 0 Å². The smallest absolute Gasteiger partial charge is 0.165 e. The van der Waals surface area contributed by atoms with Gasteiger partial charge in [0.25, 0.3) is 0 Å². The average molecular weight is 280 g/mol. The molecular weight excluding hydrogens is 264 g/mol. The molecule has 1 atom stereocenters. The molecule has 1 unspecified atom stereocenters. The zero-order valence-electron chi connectivity index (χ0n) is 11.7. The van der Waals surface area contributed by atoms with Crippen LogP contribution in [-0.4, -0.2) is 20.4 Å². The van der Waals surface area contributed by atoms with Crippen molar-refractivity contribution in [3.63, 3.8) is 0 Å². The monoisotopic (exact) mass is 280 g/mol. The maximum atomic E-state index is 12.2. The molecule has 0 saturated heterocycles. The fourth-order valence-corrected chi connectivity index (χ4v) is 2.47. The molecule has 0 aliphatic rings. The fourth-order valence-electron chi connectivity index (χ4n) is 2.47. The Morgan fingerprint density at radius 2 is 1.81 bits per heavy atom. The van der Waals surface area contributed by atoms with Gasteiger partial charge in [0.1, 0.15) is 11.9 Å². The Morgan fingerprint density at radius 1 is 1.14 bits per heavy atom. The van der Waals surface area contributed by atoms with Crippen LogP contribution in [0.4, 0.5) is 0 Å². The number of carbonyl (C=O) groups excluding carboxylic acids is 1. The van der Waals surface area contributed by atoms with Crippen LogP contribution in [0.2, 0.25) is 0 Å². The average Bonchev–Trinajstić information content (AvgIpc) is 2.86. The quantitative estimate of drug-likeness (QED) is 0.748. The lowest BCUT2D eigenvalue weighted by atomic mass is 10.1. The predicted molar refractivity (Wildman–Crippen MR) is 81.1 cm³/mol. The number of aliphatic hydroxyl groups is 1. The van der Waals surface area contributed by atoms with Crippen LogP contribution in [0.5, 0.6) is 0 Å². The molecule has 1 N–H and O–H groups in total. The van der Waals surface area contributed by atoms with Gasteiger partial charge < -0.3 is 9.67 Å². The lowest BCUT2D eigenvalue weighted by Crippen LogP contribution is -2.11. The third-order valence-electron chi connectivity index (χ3n) is 3.59. The summed E-state index contributed by atoms with van der Waals surface area (Å²) in [6.07, 6.45) is -0.878. The fraction of sp³-hybridized carbons (Fsp3) is 0.176. The topological polar surface area (TPSA) is 55.1 Å². The molecule has 0 amide bonds. The Balaban J connectivity index is 1.86. The van der Waals surface area contributed by atoms with E-state index in [-0.39, 0.29) is 12.2 Å². The summed E-state index contributed by atoms with van der Waals surface area (Å²) in [4.78, 5) is 16.6. The first-order valence-electron chi connectivity index (χ1n) is 6.84. The number of hydrogen-bond acceptors (Lipinski definition) is 3. The first-order valence-corrected chi connectivity index (χ1v) is 6.84. The summed E-state index contributed by atoms with van der Waals surface area (Å²) in [7, 11) is 1.85. The van der Waals surface area contributed by atoms with E-state index >= 15 is 0 Å². The van der Waals surface area contributed by atoms with Crippen molar-refractivity contribution in [2.45, 2.75) is 12.5 Å². The number of para-hydroxylation sites is 2. The predicted octanol–water partition coefficient (Wildman–Crippen LogP) is 2.88. The lowest BCUT2D eigenvalue weighted by molar-refractivity contribution is 0.0865. The van der Waals surface area contributed by atoms with Gasteiger partial charge in [-0.15, -0.1) is 0 Å². The van der Waals surface area contributed by atoms with E-state index in [2.05, 4.69) is 4.98 Å². The molecule has 0 spiro atoms. The summed E-state index contributed by atoms with van der Waals surface area (Å²) in [5.74, 6) is 0.427. The second-order valence-corrected chi connectivity index (χ2v) is 5.03. The largest absolute Gasteiger partial charge is 0.385 e. The molecular formula is C17H16N2O2. The first-order chi connectivity index (χ1) is 10.2. The number of imidazole rings is 1.